The van der Waals surface area contributed by atoms with Gasteiger partial charge in [-0.1, -0.05) is 12.1 Å². The molecule has 4 heteroatoms. The lowest BCUT2D eigenvalue weighted by molar-refractivity contribution is 0.214. The van der Waals surface area contributed by atoms with E-state index in [9.17, 15) is 9.50 Å². The first kappa shape index (κ1) is 13.4. The minimum Gasteiger partial charge on any atom is -0.497 e. The van der Waals surface area contributed by atoms with Crippen molar-refractivity contribution in [3.05, 3.63) is 59.4 Å². The van der Waals surface area contributed by atoms with Crippen molar-refractivity contribution in [3.8, 4) is 11.5 Å². The molecule has 0 amide bonds. The van der Waals surface area contributed by atoms with Gasteiger partial charge < -0.3 is 14.6 Å². The molecule has 0 bridgehead atoms. The van der Waals surface area contributed by atoms with Gasteiger partial charge in [-0.3, -0.25) is 0 Å². The van der Waals surface area contributed by atoms with E-state index in [1.807, 2.05) is 0 Å². The summed E-state index contributed by atoms with van der Waals surface area (Å²) in [6.45, 7) is 0. The molecular weight excluding hydrogens is 247 g/mol. The Labute approximate surface area is 111 Å². The van der Waals surface area contributed by atoms with Crippen molar-refractivity contribution < 1.29 is 19.0 Å². The fourth-order valence-corrected chi connectivity index (χ4v) is 1.87. The third-order valence-electron chi connectivity index (χ3n) is 2.92. The molecule has 0 fully saturated rings. The molecule has 0 spiro atoms. The van der Waals surface area contributed by atoms with Crippen LogP contribution in [0.5, 0.6) is 11.5 Å². The SMILES string of the molecule is COc1ccc([C@@H](O)c2ccc(F)cc2)c(OC)c1. The van der Waals surface area contributed by atoms with E-state index in [0.717, 1.165) is 0 Å². The summed E-state index contributed by atoms with van der Waals surface area (Å²) in [6, 6.07) is 10.9. The van der Waals surface area contributed by atoms with Crippen LogP contribution < -0.4 is 9.47 Å². The highest BCUT2D eigenvalue weighted by Gasteiger charge is 2.16. The van der Waals surface area contributed by atoms with Gasteiger partial charge in [0.25, 0.3) is 0 Å². The maximum atomic E-state index is 12.9. The normalized spacial score (nSPS) is 12.0. The van der Waals surface area contributed by atoms with Gasteiger partial charge in [0, 0.05) is 11.6 Å². The molecule has 0 aliphatic rings. The average Bonchev–Trinajstić information content (AvgIpc) is 2.46. The van der Waals surface area contributed by atoms with E-state index in [2.05, 4.69) is 0 Å². The molecule has 0 aliphatic heterocycles. The van der Waals surface area contributed by atoms with Crippen LogP contribution >= 0.6 is 0 Å². The minimum absolute atomic E-state index is 0.336. The second-order valence-electron chi connectivity index (χ2n) is 4.06. The zero-order chi connectivity index (χ0) is 13.8. The number of benzene rings is 2. The predicted octanol–water partition coefficient (Wildman–Crippen LogP) is 2.92. The van der Waals surface area contributed by atoms with Crippen LogP contribution in [-0.2, 0) is 0 Å². The van der Waals surface area contributed by atoms with Gasteiger partial charge in [-0.15, -0.1) is 0 Å². The first-order chi connectivity index (χ1) is 9.15. The third kappa shape index (κ3) is 2.85. The smallest absolute Gasteiger partial charge is 0.128 e. The van der Waals surface area contributed by atoms with Crippen LogP contribution in [0.4, 0.5) is 4.39 Å². The van der Waals surface area contributed by atoms with Crippen LogP contribution in [0.2, 0.25) is 0 Å². The molecule has 0 aliphatic carbocycles. The number of aliphatic hydroxyl groups is 1. The predicted molar refractivity (Wildman–Crippen MR) is 70.0 cm³/mol. The summed E-state index contributed by atoms with van der Waals surface area (Å²) in [5.41, 5.74) is 1.21. The fourth-order valence-electron chi connectivity index (χ4n) is 1.87. The van der Waals surface area contributed by atoms with Crippen molar-refractivity contribution in [3.63, 3.8) is 0 Å². The number of hydrogen-bond acceptors (Lipinski definition) is 3. The molecule has 0 saturated carbocycles. The molecule has 0 aromatic heterocycles. The van der Waals surface area contributed by atoms with E-state index in [0.29, 0.717) is 22.6 Å². The number of halogens is 1. The molecule has 2 rings (SSSR count). The van der Waals surface area contributed by atoms with Gasteiger partial charge in [0.15, 0.2) is 0 Å². The van der Waals surface area contributed by atoms with E-state index in [-0.39, 0.29) is 5.82 Å². The van der Waals surface area contributed by atoms with Gasteiger partial charge in [0.05, 0.1) is 14.2 Å². The van der Waals surface area contributed by atoms with E-state index >= 15 is 0 Å². The Morgan fingerprint density at radius 3 is 2.26 bits per heavy atom. The Bertz CT molecular complexity index is 552. The van der Waals surface area contributed by atoms with Gasteiger partial charge in [-0.25, -0.2) is 4.39 Å². The summed E-state index contributed by atoms with van der Waals surface area (Å²) in [4.78, 5) is 0. The second kappa shape index (κ2) is 5.71. The number of hydrogen-bond donors (Lipinski definition) is 1. The summed E-state index contributed by atoms with van der Waals surface area (Å²) in [7, 11) is 3.08. The summed E-state index contributed by atoms with van der Waals surface area (Å²) in [6.07, 6.45) is -0.874. The Balaban J connectivity index is 2.37. The first-order valence-electron chi connectivity index (χ1n) is 5.81. The zero-order valence-electron chi connectivity index (χ0n) is 10.8. The Morgan fingerprint density at radius 2 is 1.68 bits per heavy atom. The molecule has 0 radical (unpaired) electrons. The van der Waals surface area contributed by atoms with E-state index < -0.39 is 6.10 Å². The molecule has 1 N–H and O–H groups in total. The van der Waals surface area contributed by atoms with Crippen molar-refractivity contribution in [2.45, 2.75) is 6.10 Å². The van der Waals surface area contributed by atoms with Crippen molar-refractivity contribution in [2.24, 2.45) is 0 Å². The lowest BCUT2D eigenvalue weighted by Gasteiger charge is -2.16. The molecule has 1 atom stereocenters. The van der Waals surface area contributed by atoms with E-state index in [1.165, 1.54) is 19.2 Å². The molecule has 2 aromatic rings. The van der Waals surface area contributed by atoms with Crippen molar-refractivity contribution in [1.82, 2.24) is 0 Å². The van der Waals surface area contributed by atoms with Gasteiger partial charge in [0.1, 0.15) is 23.4 Å². The van der Waals surface area contributed by atoms with E-state index in [4.69, 9.17) is 9.47 Å². The fraction of sp³-hybridized carbons (Fsp3) is 0.200. The highest BCUT2D eigenvalue weighted by Crippen LogP contribution is 2.32. The molecular formula is C15H15FO3. The van der Waals surface area contributed by atoms with E-state index in [1.54, 1.807) is 37.4 Å². The van der Waals surface area contributed by atoms with Crippen molar-refractivity contribution in [1.29, 1.82) is 0 Å². The molecule has 100 valence electrons. The van der Waals surface area contributed by atoms with Gasteiger partial charge in [0.2, 0.25) is 0 Å². The summed E-state index contributed by atoms with van der Waals surface area (Å²) in [5.74, 6) is 0.834. The molecule has 0 heterocycles. The highest BCUT2D eigenvalue weighted by molar-refractivity contribution is 5.45. The molecule has 3 nitrogen and oxygen atoms in total. The Morgan fingerprint density at radius 1 is 1.00 bits per heavy atom. The number of methoxy groups -OCH3 is 2. The number of rotatable bonds is 4. The van der Waals surface area contributed by atoms with Gasteiger partial charge >= 0.3 is 0 Å². The van der Waals surface area contributed by atoms with Gasteiger partial charge in [-0.05, 0) is 29.8 Å². The van der Waals surface area contributed by atoms with Crippen LogP contribution in [0, 0.1) is 5.82 Å². The summed E-state index contributed by atoms with van der Waals surface area (Å²) >= 11 is 0. The number of aliphatic hydroxyl groups excluding tert-OH is 1. The lowest BCUT2D eigenvalue weighted by Crippen LogP contribution is -2.02. The average molecular weight is 262 g/mol. The second-order valence-corrected chi connectivity index (χ2v) is 4.06. The molecule has 19 heavy (non-hydrogen) atoms. The van der Waals surface area contributed by atoms with Crippen molar-refractivity contribution in [2.75, 3.05) is 14.2 Å². The molecule has 2 aromatic carbocycles. The topological polar surface area (TPSA) is 38.7 Å². The summed E-state index contributed by atoms with van der Waals surface area (Å²) in [5, 5.41) is 10.3. The van der Waals surface area contributed by atoms with Crippen LogP contribution in [0.25, 0.3) is 0 Å². The molecule has 0 unspecified atom stereocenters. The highest BCUT2D eigenvalue weighted by atomic mass is 19.1. The van der Waals surface area contributed by atoms with Crippen molar-refractivity contribution >= 4 is 0 Å². The zero-order valence-corrected chi connectivity index (χ0v) is 10.8. The molecule has 0 saturated heterocycles. The maximum absolute atomic E-state index is 12.9. The van der Waals surface area contributed by atoms with Gasteiger partial charge in [-0.2, -0.15) is 0 Å². The largest absolute Gasteiger partial charge is 0.497 e. The van der Waals surface area contributed by atoms with Crippen LogP contribution in [0.1, 0.15) is 17.2 Å². The first-order valence-corrected chi connectivity index (χ1v) is 5.81. The summed E-state index contributed by atoms with van der Waals surface area (Å²) < 4.78 is 23.2. The van der Waals surface area contributed by atoms with Crippen LogP contribution in [0.3, 0.4) is 0 Å². The maximum Gasteiger partial charge on any atom is 0.128 e. The third-order valence-corrected chi connectivity index (χ3v) is 2.92. The Hall–Kier alpha value is -2.07. The monoisotopic (exact) mass is 262 g/mol. The van der Waals surface area contributed by atoms with Crippen LogP contribution in [-0.4, -0.2) is 19.3 Å². The minimum atomic E-state index is -0.874. The Kier molecular flexibility index (Phi) is 4.02. The standard InChI is InChI=1S/C15H15FO3/c1-18-12-7-8-13(14(9-12)19-2)15(17)10-3-5-11(16)6-4-10/h3-9,15,17H,1-2H3/t15-/m0/s1. The lowest BCUT2D eigenvalue weighted by atomic mass is 10.0. The number of ether oxygens (including phenoxy) is 2. The quantitative estimate of drug-likeness (QED) is 0.920. The van der Waals surface area contributed by atoms with Crippen LogP contribution in [0.15, 0.2) is 42.5 Å².